The lowest BCUT2D eigenvalue weighted by Gasteiger charge is -2.60. The maximum Gasteiger partial charge on any atom is 0.0724 e. The van der Waals surface area contributed by atoms with Crippen LogP contribution in [0.1, 0.15) is 0 Å². The molecule has 3 spiro atoms. The summed E-state index contributed by atoms with van der Waals surface area (Å²) in [6, 6.07) is 163. The highest BCUT2D eigenvalue weighted by molar-refractivity contribution is 8.36. The molecule has 18 aromatic carbocycles. The minimum absolute atomic E-state index is 1.18. The van der Waals surface area contributed by atoms with E-state index in [9.17, 15) is 0 Å². The number of benzene rings is 18. The Kier molecular flexibility index (Phi) is 13.9. The number of nitrogens with zero attached hydrogens (tertiary/aromatic N) is 1. The van der Waals surface area contributed by atoms with Crippen molar-refractivity contribution in [2.75, 3.05) is 4.90 Å². The SMILES string of the molecule is c1ccc(-c2cccc(-c3ccccc3)c2-c2cc3c4c(c2)S2(c5ccccc5-c5ccccc52)c2cc(-c5c(-c6ccccc6)cccc5-c5ccccc5)cc5c2N4c2c(cc(-c4c(-c6ccccc6)cccc4-c4ccccc4)cc2S52c4ccccc4-c4ccccc42)S32c3ccccc3-c3ccccc32)cc1. The van der Waals surface area contributed by atoms with Gasteiger partial charge in [-0.25, -0.2) is 0 Å². The molecule has 6 aliphatic heterocycles. The van der Waals surface area contributed by atoms with E-state index in [2.05, 4.69) is 423 Å². The quantitative estimate of drug-likeness (QED) is 0.139. The van der Waals surface area contributed by atoms with Gasteiger partial charge in [-0.2, -0.15) is 0 Å². The minimum atomic E-state index is -2.64. The summed E-state index contributed by atoms with van der Waals surface area (Å²) in [5.74, 6) is 0. The van der Waals surface area contributed by atoms with E-state index < -0.39 is 30.1 Å². The average Bonchev–Trinajstić information content (AvgIpc) is 1.24. The molecular weight excluding hydrogens is 1410 g/mol. The summed E-state index contributed by atoms with van der Waals surface area (Å²) in [4.78, 5) is 19.4. The van der Waals surface area contributed by atoms with Gasteiger partial charge >= 0.3 is 0 Å². The fourth-order valence-electron chi connectivity index (χ4n) is 20.2. The molecule has 0 saturated heterocycles. The molecule has 0 saturated carbocycles. The van der Waals surface area contributed by atoms with Gasteiger partial charge in [-0.3, -0.25) is 0 Å². The number of rotatable bonds is 9. The van der Waals surface area contributed by atoms with Crippen molar-refractivity contribution in [2.24, 2.45) is 0 Å². The average molecular weight is 1480 g/mol. The zero-order valence-electron chi connectivity index (χ0n) is 61.0. The molecule has 0 unspecified atom stereocenters. The Hall–Kier alpha value is -13.2. The predicted octanol–water partition coefficient (Wildman–Crippen LogP) is 31.1. The third kappa shape index (κ3) is 8.53. The molecule has 18 aromatic rings. The van der Waals surface area contributed by atoms with Crippen LogP contribution in [0.5, 0.6) is 0 Å². The van der Waals surface area contributed by atoms with Crippen molar-refractivity contribution in [3.63, 3.8) is 0 Å². The maximum atomic E-state index is 2.95. The zero-order chi connectivity index (χ0) is 73.4. The third-order valence-electron chi connectivity index (χ3n) is 24.5. The standard InChI is InChI=1S/C108H69NS3/c1-7-34-70(35-8-1)79-52-31-53-80(71-36-9-2-10-37-71)103(79)76-64-97-106-98(65-76)111(93-60-27-21-48-87(93)88-49-22-28-61-94(88)111)100-67-78(105-83(74-42-15-5-16-43-74)56-33-57-84(105)75-44-17-6-18-45-75)69-102-108(100)109(106)107-99(110(97)91-58-25-19-46-85(91)86-47-20-26-59-92(86)110)66-77(68-101(107)112(102)95-62-29-23-50-89(95)90-51-24-30-63-96(90)112)104-81(72-38-11-3-12-39-72)54-32-55-82(104)73-40-13-4-14-41-73/h1-69H. The van der Waals surface area contributed by atoms with Crippen LogP contribution in [-0.4, -0.2) is 0 Å². The van der Waals surface area contributed by atoms with Crippen LogP contribution in [0.15, 0.2) is 477 Å². The monoisotopic (exact) mass is 1480 g/mol. The van der Waals surface area contributed by atoms with E-state index in [1.807, 2.05) is 0 Å². The number of hydrogen-bond acceptors (Lipinski definition) is 1. The number of fused-ring (bicyclic) bond motifs is 21. The van der Waals surface area contributed by atoms with E-state index in [-0.39, 0.29) is 0 Å². The van der Waals surface area contributed by atoms with E-state index >= 15 is 0 Å². The van der Waals surface area contributed by atoms with Crippen molar-refractivity contribution in [2.45, 2.75) is 58.7 Å². The van der Waals surface area contributed by atoms with E-state index in [1.54, 1.807) is 0 Å². The summed E-state index contributed by atoms with van der Waals surface area (Å²) >= 11 is 0. The highest BCUT2D eigenvalue weighted by Gasteiger charge is 2.61. The second-order valence-corrected chi connectivity index (χ2v) is 38.9. The largest absolute Gasteiger partial charge is 0.304 e. The Bertz CT molecular complexity index is 5930. The molecule has 1 nitrogen and oxygen atoms in total. The van der Waals surface area contributed by atoms with Crippen LogP contribution in [0.25, 0.3) is 134 Å². The summed E-state index contributed by atoms with van der Waals surface area (Å²) in [5.41, 5.74) is 33.2. The molecule has 0 bridgehead atoms. The Morgan fingerprint density at radius 2 is 0.277 bits per heavy atom. The molecule has 0 fully saturated rings. The molecule has 4 heteroatoms. The maximum absolute atomic E-state index is 2.95. The van der Waals surface area contributed by atoms with Crippen LogP contribution in [0.3, 0.4) is 0 Å². The first-order valence-electron chi connectivity index (χ1n) is 38.7. The summed E-state index contributed by atoms with van der Waals surface area (Å²) in [6.45, 7) is 0. The third-order valence-corrected chi connectivity index (χ3v) is 36.4. The summed E-state index contributed by atoms with van der Waals surface area (Å²) in [5, 5.41) is 0. The molecule has 0 atom stereocenters. The second-order valence-electron chi connectivity index (χ2n) is 30.0. The van der Waals surface area contributed by atoms with Crippen molar-refractivity contribution in [3.8, 4) is 134 Å². The highest BCUT2D eigenvalue weighted by atomic mass is 32.3. The Morgan fingerprint density at radius 1 is 0.125 bits per heavy atom. The molecule has 0 N–H and O–H groups in total. The van der Waals surface area contributed by atoms with E-state index in [1.165, 1.54) is 209 Å². The zero-order valence-corrected chi connectivity index (χ0v) is 63.5. The minimum Gasteiger partial charge on any atom is -0.304 e. The number of hydrogen-bond donors (Lipinski definition) is 0. The highest BCUT2D eigenvalue weighted by Crippen LogP contribution is 2.96. The first-order chi connectivity index (χ1) is 55.6. The fraction of sp³-hybridized carbons (Fsp3) is 0. The molecule has 524 valence electrons. The Morgan fingerprint density at radius 3 is 0.455 bits per heavy atom. The lowest BCUT2D eigenvalue weighted by Crippen LogP contribution is -2.32. The normalized spacial score (nSPS) is 14.9. The topological polar surface area (TPSA) is 3.24 Å². The van der Waals surface area contributed by atoms with Gasteiger partial charge in [0.2, 0.25) is 0 Å². The molecule has 112 heavy (non-hydrogen) atoms. The van der Waals surface area contributed by atoms with Crippen molar-refractivity contribution >= 4 is 47.1 Å². The van der Waals surface area contributed by atoms with E-state index in [4.69, 9.17) is 0 Å². The van der Waals surface area contributed by atoms with Crippen LogP contribution in [0.2, 0.25) is 0 Å². The fourth-order valence-corrected chi connectivity index (χ4v) is 34.2. The van der Waals surface area contributed by atoms with E-state index in [0.717, 1.165) is 0 Å². The first kappa shape index (κ1) is 63.7. The molecule has 6 aliphatic rings. The van der Waals surface area contributed by atoms with Gasteiger partial charge in [0.1, 0.15) is 0 Å². The van der Waals surface area contributed by atoms with Gasteiger partial charge in [0.25, 0.3) is 0 Å². The summed E-state index contributed by atoms with van der Waals surface area (Å²) < 4.78 is 0. The Balaban J connectivity index is 0.984. The van der Waals surface area contributed by atoms with Crippen LogP contribution >= 0.6 is 30.1 Å². The van der Waals surface area contributed by atoms with Gasteiger partial charge in [0, 0.05) is 58.7 Å². The lowest BCUT2D eigenvalue weighted by atomic mass is 9.87. The van der Waals surface area contributed by atoms with Gasteiger partial charge in [-0.15, -0.1) is 30.1 Å². The smallest absolute Gasteiger partial charge is 0.0724 e. The second kappa shape index (κ2) is 24.4. The molecule has 6 heterocycles. The number of anilines is 3. The van der Waals surface area contributed by atoms with Crippen molar-refractivity contribution < 1.29 is 0 Å². The Labute approximate surface area is 657 Å². The summed E-state index contributed by atoms with van der Waals surface area (Å²) in [7, 11) is -7.92. The first-order valence-corrected chi connectivity index (χ1v) is 43.6. The van der Waals surface area contributed by atoms with Crippen molar-refractivity contribution in [1.82, 2.24) is 0 Å². The van der Waals surface area contributed by atoms with Gasteiger partial charge in [0.05, 0.1) is 17.1 Å². The molecule has 0 amide bonds. The van der Waals surface area contributed by atoms with Gasteiger partial charge in [0.15, 0.2) is 0 Å². The van der Waals surface area contributed by atoms with Crippen molar-refractivity contribution in [3.05, 3.63) is 419 Å². The molecule has 24 rings (SSSR count). The van der Waals surface area contributed by atoms with Gasteiger partial charge in [-0.1, -0.05) is 346 Å². The van der Waals surface area contributed by atoms with Crippen LogP contribution in [0, 0.1) is 0 Å². The van der Waals surface area contributed by atoms with Crippen molar-refractivity contribution in [1.29, 1.82) is 0 Å². The predicted molar refractivity (Wildman–Crippen MR) is 468 cm³/mol. The molecule has 0 aliphatic carbocycles. The molecular formula is C108H69NS3. The van der Waals surface area contributed by atoms with Gasteiger partial charge < -0.3 is 4.90 Å². The molecule has 0 aromatic heterocycles. The van der Waals surface area contributed by atoms with Crippen LogP contribution < -0.4 is 4.90 Å². The van der Waals surface area contributed by atoms with Crippen LogP contribution in [0.4, 0.5) is 17.1 Å². The van der Waals surface area contributed by atoms with E-state index in [0.29, 0.717) is 0 Å². The summed E-state index contributed by atoms with van der Waals surface area (Å²) in [6.07, 6.45) is 0. The van der Waals surface area contributed by atoms with Gasteiger partial charge in [-0.05, 0) is 206 Å². The van der Waals surface area contributed by atoms with Crippen LogP contribution in [-0.2, 0) is 0 Å². The lowest BCUT2D eigenvalue weighted by molar-refractivity contribution is 0.984. The molecule has 0 radical (unpaired) electrons.